The molecule has 1 aromatic heterocycles. The molecule has 2 amide bonds. The molecule has 0 radical (unpaired) electrons. The molecule has 2 aliphatic rings. The normalized spacial score (nSPS) is 18.5. The Hall–Kier alpha value is -2.34. The summed E-state index contributed by atoms with van der Waals surface area (Å²) in [5.41, 5.74) is -4.39. The third-order valence-corrected chi connectivity index (χ3v) is 6.83. The van der Waals surface area contributed by atoms with Gasteiger partial charge in [0.15, 0.2) is 0 Å². The van der Waals surface area contributed by atoms with E-state index < -0.39 is 23.2 Å². The molecule has 0 unspecified atom stereocenters. The predicted octanol–water partition coefficient (Wildman–Crippen LogP) is 5.13. The maximum absolute atomic E-state index is 13.4. The lowest BCUT2D eigenvalue weighted by Crippen LogP contribution is -2.54. The van der Waals surface area contributed by atoms with E-state index in [2.05, 4.69) is 9.59 Å². The van der Waals surface area contributed by atoms with Crippen LogP contribution >= 0.6 is 23.3 Å². The van der Waals surface area contributed by atoms with E-state index in [1.807, 2.05) is 0 Å². The number of hydrazine groups is 1. The lowest BCUT2D eigenvalue weighted by Gasteiger charge is -2.39. The first-order chi connectivity index (χ1) is 14.7. The van der Waals surface area contributed by atoms with Gasteiger partial charge in [-0.15, -0.1) is 5.10 Å². The quantitative estimate of drug-likeness (QED) is 0.575. The van der Waals surface area contributed by atoms with Gasteiger partial charge < -0.3 is 4.74 Å². The molecule has 2 aromatic rings. The van der Waals surface area contributed by atoms with Crippen LogP contribution in [0.5, 0.6) is 0 Å². The van der Waals surface area contributed by atoms with Crippen molar-refractivity contribution in [1.29, 1.82) is 0 Å². The molecule has 1 aliphatic heterocycles. The van der Waals surface area contributed by atoms with Crippen LogP contribution in [0.2, 0.25) is 0 Å². The minimum absolute atomic E-state index is 0.00539. The summed E-state index contributed by atoms with van der Waals surface area (Å²) in [7, 11) is 0. The maximum atomic E-state index is 13.4. The molecule has 1 saturated carbocycles. The number of hydrogen-bond acceptors (Lipinski definition) is 7. The topological polar surface area (TPSA) is 75.6 Å². The van der Waals surface area contributed by atoms with Crippen molar-refractivity contribution in [2.75, 3.05) is 0 Å². The van der Waals surface area contributed by atoms with Gasteiger partial charge in [-0.05, 0) is 60.8 Å². The van der Waals surface area contributed by atoms with Gasteiger partial charge >= 0.3 is 11.6 Å². The number of alkyl halides is 3. The summed E-state index contributed by atoms with van der Waals surface area (Å²) in [5, 5.41) is 6.50. The fourth-order valence-corrected chi connectivity index (χ4v) is 5.02. The van der Waals surface area contributed by atoms with E-state index in [0.717, 1.165) is 30.8 Å². The highest BCUT2D eigenvalue weighted by Gasteiger charge is 2.55. The number of halogens is 3. The molecule has 0 bridgehead atoms. The smallest absolute Gasteiger partial charge is 0.419 e. The molecule has 2 heterocycles. The van der Waals surface area contributed by atoms with Crippen LogP contribution in [0.4, 0.5) is 18.0 Å². The van der Waals surface area contributed by atoms with Crippen molar-refractivity contribution in [2.24, 2.45) is 0 Å². The van der Waals surface area contributed by atoms with Crippen molar-refractivity contribution in [1.82, 2.24) is 19.6 Å². The Labute approximate surface area is 184 Å². The fraction of sp³-hybridized carbons (Fsp3) is 0.474. The zero-order chi connectivity index (χ0) is 22.2. The first-order valence-corrected chi connectivity index (χ1v) is 11.3. The molecular weight excluding hydrogens is 453 g/mol. The number of ether oxygens (including phenoxy) is 1. The number of thioether (sulfide) groups is 1. The Morgan fingerprint density at radius 3 is 2.48 bits per heavy atom. The highest BCUT2D eigenvalue weighted by Crippen LogP contribution is 2.43. The summed E-state index contributed by atoms with van der Waals surface area (Å²) in [6.45, 7) is 1.67. The predicted molar refractivity (Wildman–Crippen MR) is 107 cm³/mol. The second-order valence-corrected chi connectivity index (χ2v) is 9.32. The lowest BCUT2D eigenvalue weighted by molar-refractivity contribution is -0.106. The number of nitrogens with zero attached hydrogens (tertiary/aromatic N) is 4. The van der Waals surface area contributed by atoms with Gasteiger partial charge in [-0.1, -0.05) is 23.0 Å². The van der Waals surface area contributed by atoms with E-state index in [-0.39, 0.29) is 23.2 Å². The molecule has 31 heavy (non-hydrogen) atoms. The van der Waals surface area contributed by atoms with E-state index in [1.54, 1.807) is 6.92 Å². The van der Waals surface area contributed by atoms with Gasteiger partial charge in [0.25, 0.3) is 5.91 Å². The number of hydrogen-bond donors (Lipinski definition) is 0. The number of benzene rings is 1. The Kier molecular flexibility index (Phi) is 5.86. The molecule has 1 aliphatic carbocycles. The number of aromatic nitrogens is 2. The molecule has 166 valence electrons. The Morgan fingerprint density at radius 1 is 1.23 bits per heavy atom. The van der Waals surface area contributed by atoms with Crippen molar-refractivity contribution in [3.8, 4) is 0 Å². The highest BCUT2D eigenvalue weighted by molar-refractivity contribution is 8.00. The van der Waals surface area contributed by atoms with Gasteiger partial charge in [0.05, 0.1) is 12.2 Å². The van der Waals surface area contributed by atoms with Gasteiger partial charge in [-0.25, -0.2) is 14.8 Å². The third kappa shape index (κ3) is 4.49. The van der Waals surface area contributed by atoms with Gasteiger partial charge in [0.1, 0.15) is 4.88 Å². The summed E-state index contributed by atoms with van der Waals surface area (Å²) >= 11 is 0.747. The number of carbonyl (C=O) groups excluding carboxylic acids is 2. The monoisotopic (exact) mass is 472 g/mol. The molecular formula is C19H19F3N4O3S2. The second kappa shape index (κ2) is 8.30. The van der Waals surface area contributed by atoms with Gasteiger partial charge in [0.2, 0.25) is 5.72 Å². The molecule has 2 fully saturated rings. The molecule has 1 aromatic carbocycles. The Morgan fingerprint density at radius 2 is 1.90 bits per heavy atom. The zero-order valence-corrected chi connectivity index (χ0v) is 18.1. The lowest BCUT2D eigenvalue weighted by atomic mass is 9.91. The minimum atomic E-state index is -4.38. The maximum Gasteiger partial charge on any atom is 0.446 e. The highest BCUT2D eigenvalue weighted by atomic mass is 32.2. The number of amides is 2. The molecule has 12 heteroatoms. The molecule has 1 spiro atoms. The van der Waals surface area contributed by atoms with Gasteiger partial charge in [0, 0.05) is 17.7 Å². The van der Waals surface area contributed by atoms with Crippen LogP contribution in [0, 0.1) is 6.92 Å². The molecule has 0 N–H and O–H groups in total. The number of aryl methyl sites for hydroxylation is 1. The average Bonchev–Trinajstić information content (AvgIpc) is 3.24. The van der Waals surface area contributed by atoms with E-state index >= 15 is 0 Å². The largest absolute Gasteiger partial charge is 0.446 e. The molecule has 4 rings (SSSR count). The van der Waals surface area contributed by atoms with Gasteiger partial charge in [-0.3, -0.25) is 4.79 Å². The third-order valence-electron chi connectivity index (χ3n) is 5.28. The zero-order valence-electron chi connectivity index (χ0n) is 16.5. The molecule has 7 nitrogen and oxygen atoms in total. The summed E-state index contributed by atoms with van der Waals surface area (Å²) < 4.78 is 47.3. The Bertz CT molecular complexity index is 975. The van der Waals surface area contributed by atoms with Crippen molar-refractivity contribution in [3.05, 3.63) is 40.4 Å². The summed E-state index contributed by atoms with van der Waals surface area (Å²) in [6.07, 6.45) is 3.00. The molecule has 0 atom stereocenters. The average molecular weight is 473 g/mol. The summed E-state index contributed by atoms with van der Waals surface area (Å²) in [6, 6.07) is 5.70. The van der Waals surface area contributed by atoms with Crippen molar-refractivity contribution >= 4 is 35.3 Å². The van der Waals surface area contributed by atoms with Gasteiger partial charge in [-0.2, -0.15) is 13.2 Å². The molecule has 1 saturated heterocycles. The number of carbonyl (C=O) groups is 2. The van der Waals surface area contributed by atoms with Crippen LogP contribution in [0.25, 0.3) is 0 Å². The van der Waals surface area contributed by atoms with E-state index in [1.165, 1.54) is 34.3 Å². The summed E-state index contributed by atoms with van der Waals surface area (Å²) in [4.78, 5) is 26.6. The Balaban J connectivity index is 1.62. The van der Waals surface area contributed by atoms with Crippen molar-refractivity contribution in [2.45, 2.75) is 61.7 Å². The van der Waals surface area contributed by atoms with E-state index in [9.17, 15) is 22.8 Å². The minimum Gasteiger partial charge on any atom is -0.419 e. The summed E-state index contributed by atoms with van der Waals surface area (Å²) in [5.74, 6) is -0.413. The van der Waals surface area contributed by atoms with Crippen LogP contribution in [0.3, 0.4) is 0 Å². The first kappa shape index (κ1) is 21.9. The second-order valence-electron chi connectivity index (χ2n) is 7.43. The van der Waals surface area contributed by atoms with Crippen LogP contribution in [-0.4, -0.2) is 42.8 Å². The standard InChI is InChI=1S/C19H19F3N4O3S2/c1-12-15(31-24-23-12)16(27)26-18(9-3-2-4-10-18)29-17(28)25(26)11-13-5-7-14(8-6-13)30-19(20,21)22/h5-8H,2-4,9-11H2,1H3. The fourth-order valence-electron chi connectivity index (χ4n) is 3.90. The van der Waals surface area contributed by atoms with E-state index in [4.69, 9.17) is 4.74 Å². The van der Waals surface area contributed by atoms with Crippen LogP contribution in [0.15, 0.2) is 29.2 Å². The first-order valence-electron chi connectivity index (χ1n) is 9.67. The van der Waals surface area contributed by atoms with Crippen LogP contribution in [0.1, 0.15) is 53.0 Å². The van der Waals surface area contributed by atoms with Crippen molar-refractivity contribution in [3.63, 3.8) is 0 Å². The number of rotatable bonds is 4. The van der Waals surface area contributed by atoms with Crippen molar-refractivity contribution < 1.29 is 27.5 Å². The van der Waals surface area contributed by atoms with E-state index in [0.29, 0.717) is 29.0 Å². The SMILES string of the molecule is Cc1nnsc1C(=O)N1N(Cc2ccc(SC(F)(F)F)cc2)C(=O)OC12CCCCC2. The van der Waals surface area contributed by atoms with Crippen LogP contribution < -0.4 is 0 Å². The van der Waals surface area contributed by atoms with Crippen LogP contribution in [-0.2, 0) is 11.3 Å².